The van der Waals surface area contributed by atoms with Crippen LogP contribution < -0.4 is 10.1 Å². The zero-order valence-corrected chi connectivity index (χ0v) is 16.0. The van der Waals surface area contributed by atoms with Crippen LogP contribution in [-0.4, -0.2) is 19.0 Å². The zero-order chi connectivity index (χ0) is 17.9. The molecule has 130 valence electrons. The number of hydrogen-bond acceptors (Lipinski definition) is 4. The van der Waals surface area contributed by atoms with Gasteiger partial charge in [0.25, 0.3) is 10.0 Å². The van der Waals surface area contributed by atoms with Gasteiger partial charge in [-0.15, -0.1) is 0 Å². The summed E-state index contributed by atoms with van der Waals surface area (Å²) in [5.41, 5.74) is 2.49. The first-order valence-corrected chi connectivity index (χ1v) is 9.95. The van der Waals surface area contributed by atoms with Crippen molar-refractivity contribution in [1.82, 2.24) is 4.57 Å². The molecule has 0 aliphatic carbocycles. The van der Waals surface area contributed by atoms with Crippen LogP contribution in [0.2, 0.25) is 0 Å². The van der Waals surface area contributed by atoms with Gasteiger partial charge in [0.1, 0.15) is 0 Å². The van der Waals surface area contributed by atoms with E-state index in [2.05, 4.69) is 15.9 Å². The van der Waals surface area contributed by atoms with Gasteiger partial charge in [0.15, 0.2) is 5.58 Å². The van der Waals surface area contributed by atoms with Gasteiger partial charge in [-0.05, 0) is 49.2 Å². The van der Waals surface area contributed by atoms with Gasteiger partial charge < -0.3 is 4.42 Å². The predicted octanol–water partition coefficient (Wildman–Crippen LogP) is 3.03. The van der Waals surface area contributed by atoms with Crippen molar-refractivity contribution in [3.63, 3.8) is 0 Å². The molecule has 2 heterocycles. The van der Waals surface area contributed by atoms with Gasteiger partial charge in [-0.2, -0.15) is 0 Å². The maximum Gasteiger partial charge on any atom is 0.419 e. The summed E-state index contributed by atoms with van der Waals surface area (Å²) in [4.78, 5) is 11.7. The summed E-state index contributed by atoms with van der Waals surface area (Å²) in [6.45, 7) is 1.88. The number of aryl methyl sites for hydroxylation is 1. The van der Waals surface area contributed by atoms with Crippen molar-refractivity contribution in [2.24, 2.45) is 7.05 Å². The van der Waals surface area contributed by atoms with Crippen molar-refractivity contribution < 1.29 is 12.8 Å². The van der Waals surface area contributed by atoms with Crippen molar-refractivity contribution in [1.29, 1.82) is 0 Å². The van der Waals surface area contributed by atoms with Gasteiger partial charge >= 0.3 is 5.76 Å². The second-order valence-corrected chi connectivity index (χ2v) is 8.91. The lowest BCUT2D eigenvalue weighted by molar-refractivity contribution is 0.527. The first-order chi connectivity index (χ1) is 11.8. The first kappa shape index (κ1) is 16.4. The average molecular weight is 423 g/mol. The number of halogens is 1. The number of nitrogens with zero attached hydrogens (tertiary/aromatic N) is 2. The molecule has 6 nitrogen and oxygen atoms in total. The lowest BCUT2D eigenvalue weighted by Crippen LogP contribution is -2.35. The number of benzene rings is 2. The molecule has 1 unspecified atom stereocenters. The molecule has 2 aromatic carbocycles. The van der Waals surface area contributed by atoms with E-state index in [1.807, 2.05) is 25.1 Å². The Morgan fingerprint density at radius 2 is 1.96 bits per heavy atom. The molecule has 1 aromatic heterocycles. The maximum absolute atomic E-state index is 13.2. The van der Waals surface area contributed by atoms with Gasteiger partial charge in [-0.3, -0.25) is 8.87 Å². The highest BCUT2D eigenvalue weighted by molar-refractivity contribution is 9.10. The largest absolute Gasteiger partial charge is 0.419 e. The molecule has 1 atom stereocenters. The Balaban J connectivity index is 1.87. The minimum atomic E-state index is -3.76. The van der Waals surface area contributed by atoms with E-state index in [1.54, 1.807) is 13.1 Å². The van der Waals surface area contributed by atoms with Crippen LogP contribution in [0.5, 0.6) is 0 Å². The minimum Gasteiger partial charge on any atom is -0.408 e. The molecule has 4 rings (SSSR count). The van der Waals surface area contributed by atoms with Crippen LogP contribution >= 0.6 is 15.9 Å². The summed E-state index contributed by atoms with van der Waals surface area (Å²) in [5.74, 6) is -0.519. The Labute approximate surface area is 152 Å². The van der Waals surface area contributed by atoms with E-state index in [9.17, 15) is 13.2 Å². The first-order valence-electron chi connectivity index (χ1n) is 7.71. The van der Waals surface area contributed by atoms with Gasteiger partial charge in [-0.25, -0.2) is 13.2 Å². The number of anilines is 1. The minimum absolute atomic E-state index is 0.108. The molecule has 0 bridgehead atoms. The maximum atomic E-state index is 13.2. The molecule has 0 saturated carbocycles. The van der Waals surface area contributed by atoms with Crippen LogP contribution in [-0.2, 0) is 23.5 Å². The topological polar surface area (TPSA) is 72.5 Å². The Morgan fingerprint density at radius 3 is 2.72 bits per heavy atom. The highest BCUT2D eigenvalue weighted by atomic mass is 79.9. The summed E-state index contributed by atoms with van der Waals surface area (Å²) in [6.07, 6.45) is 0.649. The third kappa shape index (κ3) is 2.43. The number of aromatic nitrogens is 1. The number of hydrogen-bond donors (Lipinski definition) is 0. The smallest absolute Gasteiger partial charge is 0.408 e. The molecule has 3 aromatic rings. The molecule has 0 N–H and O–H groups in total. The van der Waals surface area contributed by atoms with Crippen LogP contribution in [0.3, 0.4) is 0 Å². The van der Waals surface area contributed by atoms with Crippen LogP contribution in [0.15, 0.2) is 55.0 Å². The number of fused-ring (bicyclic) bond motifs is 2. The summed E-state index contributed by atoms with van der Waals surface area (Å²) in [7, 11) is -2.18. The monoisotopic (exact) mass is 422 g/mol. The summed E-state index contributed by atoms with van der Waals surface area (Å²) >= 11 is 3.42. The lowest BCUT2D eigenvalue weighted by atomic mass is 10.1. The van der Waals surface area contributed by atoms with E-state index in [4.69, 9.17) is 4.42 Å². The highest BCUT2D eigenvalue weighted by Crippen LogP contribution is 2.38. The van der Waals surface area contributed by atoms with Gasteiger partial charge in [0.05, 0.1) is 16.1 Å². The number of rotatable bonds is 2. The summed E-state index contributed by atoms with van der Waals surface area (Å²) < 4.78 is 35.3. The molecule has 0 spiro atoms. The fourth-order valence-electron chi connectivity index (χ4n) is 3.33. The van der Waals surface area contributed by atoms with Gasteiger partial charge in [0.2, 0.25) is 0 Å². The van der Waals surface area contributed by atoms with Crippen molar-refractivity contribution >= 4 is 42.7 Å². The summed E-state index contributed by atoms with van der Waals surface area (Å²) in [6, 6.07) is 9.91. The van der Waals surface area contributed by atoms with Crippen LogP contribution in [0.1, 0.15) is 12.5 Å². The van der Waals surface area contributed by atoms with Crippen LogP contribution in [0.4, 0.5) is 5.69 Å². The normalized spacial score (nSPS) is 17.2. The Kier molecular flexibility index (Phi) is 3.59. The molecule has 0 amide bonds. The molecule has 25 heavy (non-hydrogen) atoms. The van der Waals surface area contributed by atoms with Crippen molar-refractivity contribution in [3.8, 4) is 0 Å². The standard InChI is InChI=1S/C17H15BrN2O4S/c1-10-7-11-8-12(18)3-5-14(11)20(10)25(22,23)13-4-6-15-16(9-13)24-17(21)19(15)2/h3-6,8-10H,7H2,1-2H3. The van der Waals surface area contributed by atoms with E-state index in [1.165, 1.54) is 21.0 Å². The third-order valence-electron chi connectivity index (χ3n) is 4.52. The molecule has 8 heteroatoms. The van der Waals surface area contributed by atoms with Crippen molar-refractivity contribution in [2.45, 2.75) is 24.3 Å². The molecular formula is C17H15BrN2O4S. The molecule has 0 saturated heterocycles. The van der Waals surface area contributed by atoms with Crippen molar-refractivity contribution in [3.05, 3.63) is 57.0 Å². The van der Waals surface area contributed by atoms with E-state index in [0.717, 1.165) is 10.0 Å². The third-order valence-corrected chi connectivity index (χ3v) is 6.93. The predicted molar refractivity (Wildman–Crippen MR) is 98.4 cm³/mol. The van der Waals surface area contributed by atoms with Crippen molar-refractivity contribution in [2.75, 3.05) is 4.31 Å². The molecule has 1 aliphatic rings. The highest BCUT2D eigenvalue weighted by Gasteiger charge is 2.36. The average Bonchev–Trinajstić information content (AvgIpc) is 3.03. The fourth-order valence-corrected chi connectivity index (χ4v) is 5.44. The summed E-state index contributed by atoms with van der Waals surface area (Å²) in [5, 5.41) is 0. The number of oxazole rings is 1. The molecule has 1 aliphatic heterocycles. The fraction of sp³-hybridized carbons (Fsp3) is 0.235. The van der Waals surface area contributed by atoms with Gasteiger partial charge in [-0.1, -0.05) is 15.9 Å². The zero-order valence-electron chi connectivity index (χ0n) is 13.6. The molecular weight excluding hydrogens is 408 g/mol. The number of sulfonamides is 1. The molecule has 0 fully saturated rings. The quantitative estimate of drug-likeness (QED) is 0.635. The second-order valence-electron chi connectivity index (χ2n) is 6.18. The Bertz CT molecular complexity index is 1160. The van der Waals surface area contributed by atoms with Crippen LogP contribution in [0, 0.1) is 0 Å². The van der Waals surface area contributed by atoms with E-state index >= 15 is 0 Å². The van der Waals surface area contributed by atoms with Crippen LogP contribution in [0.25, 0.3) is 11.1 Å². The Morgan fingerprint density at radius 1 is 1.20 bits per heavy atom. The Hall–Kier alpha value is -2.06. The van der Waals surface area contributed by atoms with E-state index in [0.29, 0.717) is 17.6 Å². The van der Waals surface area contributed by atoms with Gasteiger partial charge in [0, 0.05) is 23.6 Å². The van der Waals surface area contributed by atoms with E-state index < -0.39 is 15.8 Å². The SMILES string of the molecule is CC1Cc2cc(Br)ccc2N1S(=O)(=O)c1ccc2c(c1)oc(=O)n2C. The lowest BCUT2D eigenvalue weighted by Gasteiger charge is -2.24. The van der Waals surface area contributed by atoms with E-state index in [-0.39, 0.29) is 16.5 Å². The second kappa shape index (κ2) is 5.47. The molecule has 0 radical (unpaired) electrons.